The number of ether oxygens (including phenoxy) is 1. The molecule has 390 valence electrons. The van der Waals surface area contributed by atoms with Gasteiger partial charge in [-0.05, 0) is 52.4 Å². The van der Waals surface area contributed by atoms with E-state index in [0.29, 0.717) is 25.8 Å². The van der Waals surface area contributed by atoms with Gasteiger partial charge in [-0.1, -0.05) is 90.0 Å². The number of aliphatic hydroxyl groups is 1. The van der Waals surface area contributed by atoms with Gasteiger partial charge in [0.2, 0.25) is 47.3 Å². The molecule has 0 spiro atoms. The van der Waals surface area contributed by atoms with E-state index in [4.69, 9.17) is 9.84 Å². The Kier molecular flexibility index (Phi) is 47.1. The standard InChI is InChI=1S/C32H56N8O10.C4H10.C3H6O2.3C2H6.H2O/c1-8-12-34-22(42)15-32(5,6)50-14-11-31(3,4)30(49)38-19-26(46)40-13-9-10-21(40)28(47)36-18-25(45)39-27(20(2)41)29(48)37-17-24(44)35-16-23(43)33-7;1-4(2)3;1-2-3(4)5;3*1-2;/h20-21,27,41H,8-19H2,1-7H3,(H,33,43)(H,34,42)(H,35,44)(H,36,47)(H,37,48)(H,38,49)(H,39,45);4H,1-3H3;2H2,1H3,(H,4,5);3*1-2H3;1H2. The van der Waals surface area contributed by atoms with Gasteiger partial charge in [0, 0.05) is 38.6 Å². The number of carboxylic acids is 1. The second kappa shape index (κ2) is 42.7. The number of amides is 8. The van der Waals surface area contributed by atoms with E-state index in [1.165, 1.54) is 18.9 Å². The van der Waals surface area contributed by atoms with Gasteiger partial charge in [0.25, 0.3) is 0 Å². The number of carboxylic acid groups (broad SMARTS) is 1. The molecule has 0 saturated carbocycles. The lowest BCUT2D eigenvalue weighted by Crippen LogP contribution is -2.56. The summed E-state index contributed by atoms with van der Waals surface area (Å²) in [5, 5.41) is 34.8. The molecule has 3 atom stereocenters. The molecule has 1 aliphatic heterocycles. The van der Waals surface area contributed by atoms with Crippen molar-refractivity contribution in [2.75, 3.05) is 52.9 Å². The summed E-state index contributed by atoms with van der Waals surface area (Å²) in [7, 11) is 1.39. The van der Waals surface area contributed by atoms with Crippen LogP contribution in [0.3, 0.4) is 0 Å². The summed E-state index contributed by atoms with van der Waals surface area (Å²) in [6.45, 7) is 29.7. The van der Waals surface area contributed by atoms with Crippen LogP contribution in [0.15, 0.2) is 0 Å². The van der Waals surface area contributed by atoms with Crippen LogP contribution in [0.25, 0.3) is 0 Å². The molecule has 0 bridgehead atoms. The van der Waals surface area contributed by atoms with Crippen LogP contribution in [0, 0.1) is 11.3 Å². The van der Waals surface area contributed by atoms with Crippen LogP contribution in [-0.2, 0) is 47.9 Å². The van der Waals surface area contributed by atoms with Crippen LogP contribution in [0.4, 0.5) is 0 Å². The highest BCUT2D eigenvalue weighted by molar-refractivity contribution is 5.95. The zero-order chi connectivity index (χ0) is 51.9. The van der Waals surface area contributed by atoms with Crippen molar-refractivity contribution in [3.63, 3.8) is 0 Å². The molecule has 1 heterocycles. The minimum atomic E-state index is -1.45. The van der Waals surface area contributed by atoms with Crippen molar-refractivity contribution in [2.24, 2.45) is 11.3 Å². The van der Waals surface area contributed by atoms with Crippen molar-refractivity contribution >= 4 is 53.2 Å². The number of hydrogen-bond donors (Lipinski definition) is 9. The fraction of sp³-hybridized carbons (Fsp3) is 0.800. The molecule has 1 aliphatic rings. The van der Waals surface area contributed by atoms with Gasteiger partial charge in [-0.25, -0.2) is 0 Å². The van der Waals surface area contributed by atoms with Gasteiger partial charge >= 0.3 is 5.97 Å². The highest BCUT2D eigenvalue weighted by Crippen LogP contribution is 2.24. The first kappa shape index (κ1) is 72.7. The quantitative estimate of drug-likeness (QED) is 0.0747. The van der Waals surface area contributed by atoms with Crippen LogP contribution >= 0.6 is 0 Å². The van der Waals surface area contributed by atoms with Gasteiger partial charge in [0.05, 0.1) is 44.3 Å². The molecule has 0 aliphatic carbocycles. The van der Waals surface area contributed by atoms with E-state index < -0.39 is 83.7 Å². The minimum Gasteiger partial charge on any atom is -0.481 e. The summed E-state index contributed by atoms with van der Waals surface area (Å²) in [5.74, 6) is -4.27. The highest BCUT2D eigenvalue weighted by Gasteiger charge is 2.36. The molecule has 1 fully saturated rings. The highest BCUT2D eigenvalue weighted by atomic mass is 16.5. The minimum absolute atomic E-state index is 0. The number of carbonyl (C=O) groups is 9. The third kappa shape index (κ3) is 38.4. The summed E-state index contributed by atoms with van der Waals surface area (Å²) in [6, 6.07) is -2.33. The lowest BCUT2D eigenvalue weighted by Gasteiger charge is -2.29. The first-order valence-electron chi connectivity index (χ1n) is 23.0. The van der Waals surface area contributed by atoms with E-state index in [-0.39, 0.29) is 56.4 Å². The normalized spacial score (nSPS) is 13.2. The largest absolute Gasteiger partial charge is 0.481 e. The molecular weight excluding hydrogens is 861 g/mol. The predicted molar refractivity (Wildman–Crippen MR) is 257 cm³/mol. The van der Waals surface area contributed by atoms with Crippen molar-refractivity contribution in [1.82, 2.24) is 42.1 Å². The van der Waals surface area contributed by atoms with Crippen LogP contribution in [0.5, 0.6) is 0 Å². The van der Waals surface area contributed by atoms with E-state index in [0.717, 1.165) is 12.3 Å². The smallest absolute Gasteiger partial charge is 0.303 e. The summed E-state index contributed by atoms with van der Waals surface area (Å²) < 4.78 is 5.89. The molecule has 0 aromatic heterocycles. The molecule has 21 heteroatoms. The predicted octanol–water partition coefficient (Wildman–Crippen LogP) is 1.58. The maximum absolute atomic E-state index is 13.0. The van der Waals surface area contributed by atoms with Crippen LogP contribution in [0.1, 0.15) is 149 Å². The Balaban J connectivity index is -0.000000493. The molecule has 1 saturated heterocycles. The lowest BCUT2D eigenvalue weighted by atomic mass is 9.88. The number of aliphatic hydroxyl groups excluding tert-OH is 1. The van der Waals surface area contributed by atoms with E-state index in [1.807, 2.05) is 48.5 Å². The first-order chi connectivity index (χ1) is 30.3. The van der Waals surface area contributed by atoms with Gasteiger partial charge in [0.1, 0.15) is 12.1 Å². The summed E-state index contributed by atoms with van der Waals surface area (Å²) in [4.78, 5) is 110. The Hall–Kier alpha value is -4.89. The number of likely N-dealkylation sites (N-methyl/N-ethyl adjacent to an activating group) is 1. The molecule has 8 amide bonds. The fourth-order valence-electron chi connectivity index (χ4n) is 4.82. The van der Waals surface area contributed by atoms with Gasteiger partial charge in [-0.2, -0.15) is 0 Å². The van der Waals surface area contributed by atoms with Crippen molar-refractivity contribution in [2.45, 2.75) is 173 Å². The van der Waals surface area contributed by atoms with Crippen LogP contribution in [-0.4, -0.2) is 151 Å². The van der Waals surface area contributed by atoms with Crippen molar-refractivity contribution in [3.8, 4) is 0 Å². The van der Waals surface area contributed by atoms with Crippen LogP contribution < -0.4 is 37.2 Å². The molecule has 0 radical (unpaired) electrons. The van der Waals surface area contributed by atoms with E-state index in [9.17, 15) is 48.3 Å². The molecule has 1 rings (SSSR count). The average molecular weight is 953 g/mol. The van der Waals surface area contributed by atoms with Gasteiger partial charge < -0.3 is 62.5 Å². The Morgan fingerprint density at radius 1 is 0.727 bits per heavy atom. The number of rotatable bonds is 22. The number of nitrogens with zero attached hydrogens (tertiary/aromatic N) is 1. The topological polar surface area (TPSA) is 322 Å². The van der Waals surface area contributed by atoms with Crippen molar-refractivity contribution in [1.29, 1.82) is 0 Å². The molecule has 0 aromatic rings. The summed E-state index contributed by atoms with van der Waals surface area (Å²) >= 11 is 0. The molecule has 11 N–H and O–H groups in total. The van der Waals surface area contributed by atoms with Crippen LogP contribution in [0.2, 0.25) is 0 Å². The molecule has 66 heavy (non-hydrogen) atoms. The number of hydrogen-bond acceptors (Lipinski definition) is 11. The zero-order valence-electron chi connectivity index (χ0n) is 43.4. The zero-order valence-corrected chi connectivity index (χ0v) is 43.4. The Bertz CT molecular complexity index is 1390. The second-order valence-corrected chi connectivity index (χ2v) is 15.8. The average Bonchev–Trinajstić information content (AvgIpc) is 3.76. The Labute approximate surface area is 395 Å². The monoisotopic (exact) mass is 953 g/mol. The number of nitrogens with one attached hydrogen (secondary N) is 7. The molecule has 21 nitrogen and oxygen atoms in total. The van der Waals surface area contributed by atoms with Crippen molar-refractivity contribution < 1.29 is 63.6 Å². The van der Waals surface area contributed by atoms with Gasteiger partial charge in [-0.3, -0.25) is 43.2 Å². The summed E-state index contributed by atoms with van der Waals surface area (Å²) in [5.41, 5.74) is -1.62. The van der Waals surface area contributed by atoms with E-state index in [2.05, 4.69) is 58.0 Å². The number of carbonyl (C=O) groups excluding carboxylic acids is 8. The van der Waals surface area contributed by atoms with Gasteiger partial charge in [-0.15, -0.1) is 0 Å². The third-order valence-electron chi connectivity index (χ3n) is 8.22. The maximum atomic E-state index is 13.0. The Morgan fingerprint density at radius 3 is 1.70 bits per heavy atom. The fourth-order valence-corrected chi connectivity index (χ4v) is 4.82. The first-order valence-corrected chi connectivity index (χ1v) is 23.0. The third-order valence-corrected chi connectivity index (χ3v) is 8.22. The maximum Gasteiger partial charge on any atom is 0.303 e. The van der Waals surface area contributed by atoms with Crippen molar-refractivity contribution in [3.05, 3.63) is 0 Å². The number of likely N-dealkylation sites (tertiary alicyclic amines) is 1. The molecule has 3 unspecified atom stereocenters. The molecular formula is C45H92N8O13. The summed E-state index contributed by atoms with van der Waals surface area (Å²) in [6.07, 6.45) is 1.06. The second-order valence-electron chi connectivity index (χ2n) is 15.8. The van der Waals surface area contributed by atoms with Gasteiger partial charge in [0.15, 0.2) is 0 Å². The molecule has 0 aromatic carbocycles. The Morgan fingerprint density at radius 2 is 1.23 bits per heavy atom. The SMILES string of the molecule is CC.CC.CC.CC(C)C.CCC(=O)O.CCCNC(=O)CC(C)(C)OCCC(C)(C)C(=O)NCC(=O)N1CCCC1C(=O)NCC(=O)NC(C(=O)NCC(=O)NCC(=O)NC)C(C)O.O. The lowest BCUT2D eigenvalue weighted by molar-refractivity contribution is -0.140. The van der Waals surface area contributed by atoms with E-state index >= 15 is 0 Å². The van der Waals surface area contributed by atoms with E-state index in [1.54, 1.807) is 34.6 Å². The number of aliphatic carboxylic acids is 1.